The van der Waals surface area contributed by atoms with Gasteiger partial charge in [0.15, 0.2) is 0 Å². The monoisotopic (exact) mass is 480 g/mol. The van der Waals surface area contributed by atoms with Crippen molar-refractivity contribution in [2.45, 2.75) is 103 Å². The third-order valence-electron chi connectivity index (χ3n) is 5.13. The van der Waals surface area contributed by atoms with Gasteiger partial charge in [0.1, 0.15) is 0 Å². The minimum atomic E-state index is -1.31. The van der Waals surface area contributed by atoms with Crippen LogP contribution in [0.4, 0.5) is 9.59 Å². The molecule has 32 heavy (non-hydrogen) atoms. The fourth-order valence-corrected chi connectivity index (χ4v) is 3.28. The molecule has 0 aliphatic carbocycles. The first kappa shape index (κ1) is 33.8. The third-order valence-corrected chi connectivity index (χ3v) is 5.13. The van der Waals surface area contributed by atoms with Gasteiger partial charge >= 0.3 is 63.4 Å². The SMILES string of the molecule is CCCCCCCCCCCCNC(=O)NCCCCCCCNC(=O)NCC(=O)[O-].[K+]. The van der Waals surface area contributed by atoms with E-state index >= 15 is 0 Å². The topological polar surface area (TPSA) is 122 Å². The van der Waals surface area contributed by atoms with Crippen molar-refractivity contribution in [3.05, 3.63) is 0 Å². The van der Waals surface area contributed by atoms with Crippen LogP contribution >= 0.6 is 0 Å². The van der Waals surface area contributed by atoms with E-state index in [0.29, 0.717) is 13.1 Å². The van der Waals surface area contributed by atoms with Gasteiger partial charge < -0.3 is 31.2 Å². The Balaban J connectivity index is 0. The number of aliphatic carboxylic acids is 1. The minimum Gasteiger partial charge on any atom is -0.548 e. The van der Waals surface area contributed by atoms with Crippen molar-refractivity contribution in [2.24, 2.45) is 0 Å². The van der Waals surface area contributed by atoms with Crippen LogP contribution in [0.5, 0.6) is 0 Å². The Kier molecular flexibility index (Phi) is 28.4. The number of amides is 4. The molecule has 0 bridgehead atoms. The van der Waals surface area contributed by atoms with Crippen LogP contribution in [0.1, 0.15) is 103 Å². The van der Waals surface area contributed by atoms with Crippen molar-refractivity contribution in [1.82, 2.24) is 21.3 Å². The molecule has 8 nitrogen and oxygen atoms in total. The summed E-state index contributed by atoms with van der Waals surface area (Å²) in [5, 5.41) is 20.8. The smallest absolute Gasteiger partial charge is 0.548 e. The first-order valence-corrected chi connectivity index (χ1v) is 12.3. The number of urea groups is 2. The summed E-state index contributed by atoms with van der Waals surface area (Å²) in [5.74, 6) is -1.31. The number of hydrogen-bond acceptors (Lipinski definition) is 4. The molecule has 0 aromatic rings. The average Bonchev–Trinajstić information content (AvgIpc) is 2.74. The molecule has 0 atom stereocenters. The molecule has 0 fully saturated rings. The second-order valence-corrected chi connectivity index (χ2v) is 8.11. The first-order chi connectivity index (χ1) is 15.1. The summed E-state index contributed by atoms with van der Waals surface area (Å²) in [6.45, 7) is 3.69. The van der Waals surface area contributed by atoms with Gasteiger partial charge in [0.05, 0.1) is 12.5 Å². The minimum absolute atomic E-state index is 0. The molecule has 0 unspecified atom stereocenters. The van der Waals surface area contributed by atoms with Crippen molar-refractivity contribution in [1.29, 1.82) is 0 Å². The normalized spacial score (nSPS) is 10.2. The summed E-state index contributed by atoms with van der Waals surface area (Å²) in [7, 11) is 0. The zero-order valence-corrected chi connectivity index (χ0v) is 23.7. The largest absolute Gasteiger partial charge is 1.00 e. The molecule has 9 heteroatoms. The Bertz CT molecular complexity index is 467. The molecule has 0 aromatic carbocycles. The van der Waals surface area contributed by atoms with Gasteiger partial charge in [-0.25, -0.2) is 9.59 Å². The number of carboxylic acids is 1. The van der Waals surface area contributed by atoms with Crippen molar-refractivity contribution in [3.63, 3.8) is 0 Å². The number of unbranched alkanes of at least 4 members (excludes halogenated alkanes) is 13. The van der Waals surface area contributed by atoms with Gasteiger partial charge in [0, 0.05) is 19.6 Å². The van der Waals surface area contributed by atoms with Gasteiger partial charge in [0.2, 0.25) is 0 Å². The van der Waals surface area contributed by atoms with Crippen LogP contribution in [0.15, 0.2) is 0 Å². The summed E-state index contributed by atoms with van der Waals surface area (Å²) in [6.07, 6.45) is 17.7. The molecule has 0 radical (unpaired) electrons. The van der Waals surface area contributed by atoms with Crippen molar-refractivity contribution >= 4 is 18.0 Å². The summed E-state index contributed by atoms with van der Waals surface area (Å²) < 4.78 is 0. The van der Waals surface area contributed by atoms with Crippen LogP contribution in [0.25, 0.3) is 0 Å². The molecule has 4 amide bonds. The van der Waals surface area contributed by atoms with Crippen molar-refractivity contribution in [3.8, 4) is 0 Å². The fourth-order valence-electron chi connectivity index (χ4n) is 3.28. The molecule has 0 spiro atoms. The zero-order chi connectivity index (χ0) is 23.0. The first-order valence-electron chi connectivity index (χ1n) is 12.3. The molecular formula is C23H45KN4O4. The molecule has 0 saturated carbocycles. The average molecular weight is 481 g/mol. The quantitative estimate of drug-likeness (QED) is 0.139. The standard InChI is InChI=1S/C23H46N4O4.K/c1-2-3-4-5-6-7-8-9-11-14-17-24-22(30)25-18-15-12-10-13-16-19-26-23(31)27-20-21(28)29;/h2-20H2,1H3,(H,28,29)(H2,24,25,30)(H2,26,27,31);/q;+1/p-1. The van der Waals surface area contributed by atoms with Gasteiger partial charge in [-0.05, 0) is 19.3 Å². The van der Waals surface area contributed by atoms with Crippen LogP contribution < -0.4 is 77.8 Å². The van der Waals surface area contributed by atoms with E-state index in [9.17, 15) is 19.5 Å². The van der Waals surface area contributed by atoms with Gasteiger partial charge in [0.25, 0.3) is 0 Å². The van der Waals surface area contributed by atoms with Crippen molar-refractivity contribution < 1.29 is 70.9 Å². The molecule has 0 rings (SSSR count). The summed E-state index contributed by atoms with van der Waals surface area (Å²) >= 11 is 0. The van der Waals surface area contributed by atoms with E-state index in [0.717, 1.165) is 45.1 Å². The Hall–Kier alpha value is -0.354. The van der Waals surface area contributed by atoms with E-state index in [4.69, 9.17) is 0 Å². The van der Waals surface area contributed by atoms with E-state index in [1.807, 2.05) is 0 Å². The van der Waals surface area contributed by atoms with E-state index in [2.05, 4.69) is 28.2 Å². The molecule has 0 heterocycles. The maximum Gasteiger partial charge on any atom is 1.00 e. The Morgan fingerprint density at radius 2 is 0.844 bits per heavy atom. The predicted octanol–water partition coefficient (Wildman–Crippen LogP) is 0.210. The summed E-state index contributed by atoms with van der Waals surface area (Å²) in [4.78, 5) is 33.2. The maximum absolute atomic E-state index is 11.7. The number of carboxylic acid groups (broad SMARTS) is 1. The molecule has 0 aromatic heterocycles. The van der Waals surface area contributed by atoms with Gasteiger partial charge in [-0.3, -0.25) is 0 Å². The van der Waals surface area contributed by atoms with Crippen molar-refractivity contribution in [2.75, 3.05) is 26.2 Å². The van der Waals surface area contributed by atoms with Crippen LogP contribution in [0.2, 0.25) is 0 Å². The number of hydrogen-bond donors (Lipinski definition) is 4. The second kappa shape index (κ2) is 26.9. The Morgan fingerprint density at radius 1 is 0.531 bits per heavy atom. The number of nitrogens with one attached hydrogen (secondary N) is 4. The van der Waals surface area contributed by atoms with E-state index in [1.54, 1.807) is 0 Å². The fraction of sp³-hybridized carbons (Fsp3) is 0.870. The molecule has 4 N–H and O–H groups in total. The zero-order valence-electron chi connectivity index (χ0n) is 20.6. The molecule has 0 saturated heterocycles. The van der Waals surface area contributed by atoms with Gasteiger partial charge in [-0.1, -0.05) is 84.0 Å². The van der Waals surface area contributed by atoms with Gasteiger partial charge in [-0.2, -0.15) is 0 Å². The van der Waals surface area contributed by atoms with Crippen LogP contribution in [-0.4, -0.2) is 44.2 Å². The second-order valence-electron chi connectivity index (χ2n) is 8.11. The number of carbonyl (C=O) groups excluding carboxylic acids is 3. The molecule has 182 valence electrons. The van der Waals surface area contributed by atoms with Gasteiger partial charge in [-0.15, -0.1) is 0 Å². The number of rotatable bonds is 21. The maximum atomic E-state index is 11.7. The van der Waals surface area contributed by atoms with Crippen LogP contribution in [0.3, 0.4) is 0 Å². The Morgan fingerprint density at radius 3 is 1.19 bits per heavy atom. The molecular weight excluding hydrogens is 435 g/mol. The van der Waals surface area contributed by atoms with E-state index in [1.165, 1.54) is 57.8 Å². The molecule has 0 aliphatic heterocycles. The summed E-state index contributed by atoms with van der Waals surface area (Å²) in [6, 6.07) is -0.570. The summed E-state index contributed by atoms with van der Waals surface area (Å²) in [5.41, 5.74) is 0. The van der Waals surface area contributed by atoms with Crippen LogP contribution in [-0.2, 0) is 4.79 Å². The number of carbonyl (C=O) groups is 3. The van der Waals surface area contributed by atoms with Crippen LogP contribution in [0, 0.1) is 0 Å². The predicted molar refractivity (Wildman–Crippen MR) is 123 cm³/mol. The third kappa shape index (κ3) is 27.7. The Labute approximate surface area is 237 Å². The van der Waals surface area contributed by atoms with E-state index < -0.39 is 18.5 Å². The molecule has 0 aliphatic rings. The van der Waals surface area contributed by atoms with E-state index in [-0.39, 0.29) is 57.4 Å².